The average Bonchev–Trinajstić information content (AvgIpc) is 2.72. The molecule has 1 amide bonds. The lowest BCUT2D eigenvalue weighted by Gasteiger charge is -2.19. The molecule has 0 fully saturated rings. The molecule has 0 aliphatic heterocycles. The average molecular weight is 377 g/mol. The van der Waals surface area contributed by atoms with Gasteiger partial charge in [-0.15, -0.1) is 0 Å². The molecule has 0 saturated carbocycles. The highest BCUT2D eigenvalue weighted by molar-refractivity contribution is 5.97. The van der Waals surface area contributed by atoms with Crippen LogP contribution in [0.4, 0.5) is 0 Å². The van der Waals surface area contributed by atoms with Gasteiger partial charge in [-0.05, 0) is 31.4 Å². The number of nitrogens with zero attached hydrogens (tertiary/aromatic N) is 1. The molecule has 0 aliphatic rings. The van der Waals surface area contributed by atoms with Crippen LogP contribution >= 0.6 is 0 Å². The van der Waals surface area contributed by atoms with Crippen LogP contribution in [-0.2, 0) is 9.53 Å². The largest absolute Gasteiger partial charge is 0.390 e. The van der Waals surface area contributed by atoms with Crippen molar-refractivity contribution in [2.24, 2.45) is 0 Å². The second kappa shape index (κ2) is 11.6. The van der Waals surface area contributed by atoms with E-state index in [1.807, 2.05) is 80.6 Å². The molecule has 2 aromatic rings. The Balaban J connectivity index is 2.03. The molecule has 28 heavy (non-hydrogen) atoms. The molecule has 0 atom stereocenters. The zero-order valence-electron chi connectivity index (χ0n) is 16.4. The Bertz CT molecular complexity index is 756. The van der Waals surface area contributed by atoms with E-state index in [2.05, 4.69) is 10.6 Å². The van der Waals surface area contributed by atoms with Gasteiger partial charge in [0.2, 0.25) is 0 Å². The molecule has 0 saturated heterocycles. The van der Waals surface area contributed by atoms with Gasteiger partial charge < -0.3 is 15.4 Å². The van der Waals surface area contributed by atoms with Gasteiger partial charge in [0.25, 0.3) is 5.91 Å². The first-order valence-corrected chi connectivity index (χ1v) is 9.48. The number of nitriles is 1. The number of ether oxygens (including phenoxy) is 1. The van der Waals surface area contributed by atoms with Crippen LogP contribution in [0.2, 0.25) is 0 Å². The Kier molecular flexibility index (Phi) is 8.77. The van der Waals surface area contributed by atoms with E-state index in [1.165, 1.54) is 6.20 Å². The predicted molar refractivity (Wildman–Crippen MR) is 110 cm³/mol. The molecule has 0 bridgehead atoms. The van der Waals surface area contributed by atoms with Gasteiger partial charge in [-0.25, -0.2) is 0 Å². The first kappa shape index (κ1) is 21.2. The maximum absolute atomic E-state index is 12.7. The molecule has 0 spiro atoms. The first-order chi connectivity index (χ1) is 13.6. The molecular weight excluding hydrogens is 350 g/mol. The Hall–Kier alpha value is -3.10. The monoisotopic (exact) mass is 377 g/mol. The number of rotatable bonds is 10. The fourth-order valence-corrected chi connectivity index (χ4v) is 2.68. The second-order valence-corrected chi connectivity index (χ2v) is 6.62. The topological polar surface area (TPSA) is 74.1 Å². The molecule has 0 heterocycles. The molecule has 146 valence electrons. The number of nitrogens with one attached hydrogen (secondary N) is 2. The summed E-state index contributed by atoms with van der Waals surface area (Å²) in [5.41, 5.74) is 1.96. The van der Waals surface area contributed by atoms with E-state index >= 15 is 0 Å². The summed E-state index contributed by atoms with van der Waals surface area (Å²) in [6.45, 7) is 5.24. The molecule has 5 nitrogen and oxygen atoms in total. The van der Waals surface area contributed by atoms with E-state index in [1.54, 1.807) is 0 Å². The molecule has 0 aromatic heterocycles. The van der Waals surface area contributed by atoms with Crippen molar-refractivity contribution in [3.63, 3.8) is 0 Å². The lowest BCUT2D eigenvalue weighted by Crippen LogP contribution is -2.31. The van der Waals surface area contributed by atoms with Crippen LogP contribution in [0.25, 0.3) is 0 Å². The molecule has 5 heteroatoms. The van der Waals surface area contributed by atoms with Crippen LogP contribution in [-0.4, -0.2) is 25.2 Å². The molecule has 0 unspecified atom stereocenters. The third-order valence-electron chi connectivity index (χ3n) is 4.07. The Labute approximate surface area is 167 Å². The van der Waals surface area contributed by atoms with Gasteiger partial charge in [0, 0.05) is 19.4 Å². The SMILES string of the molecule is CC(C)OCCCN/C=C(/C#N)C(=O)NC(c1ccccc1)c1ccccc1. The highest BCUT2D eigenvalue weighted by atomic mass is 16.5. The van der Waals surface area contributed by atoms with Gasteiger partial charge in [-0.2, -0.15) is 5.26 Å². The summed E-state index contributed by atoms with van der Waals surface area (Å²) in [4.78, 5) is 12.7. The third-order valence-corrected chi connectivity index (χ3v) is 4.07. The van der Waals surface area contributed by atoms with Gasteiger partial charge in [0.05, 0.1) is 12.1 Å². The van der Waals surface area contributed by atoms with Gasteiger partial charge in [-0.3, -0.25) is 4.79 Å². The smallest absolute Gasteiger partial charge is 0.264 e. The second-order valence-electron chi connectivity index (χ2n) is 6.62. The van der Waals surface area contributed by atoms with Crippen LogP contribution < -0.4 is 10.6 Å². The van der Waals surface area contributed by atoms with Crippen LogP contribution in [0.1, 0.15) is 37.4 Å². The van der Waals surface area contributed by atoms with E-state index in [-0.39, 0.29) is 17.7 Å². The Morgan fingerprint density at radius 2 is 1.64 bits per heavy atom. The summed E-state index contributed by atoms with van der Waals surface area (Å²) in [7, 11) is 0. The van der Waals surface area contributed by atoms with Crippen molar-refractivity contribution in [2.45, 2.75) is 32.4 Å². The predicted octanol–water partition coefficient (Wildman–Crippen LogP) is 3.70. The standard InChI is InChI=1S/C23H27N3O2/c1-18(2)28-15-9-14-25-17-21(16-24)23(27)26-22(19-10-5-3-6-11-19)20-12-7-4-8-13-20/h3-8,10-13,17-18,22,25H,9,14-15H2,1-2H3,(H,26,27)/b21-17-. The van der Waals surface area contributed by atoms with E-state index in [0.717, 1.165) is 17.5 Å². The van der Waals surface area contributed by atoms with E-state index in [0.29, 0.717) is 13.2 Å². The van der Waals surface area contributed by atoms with Crippen LogP contribution in [0.5, 0.6) is 0 Å². The summed E-state index contributed by atoms with van der Waals surface area (Å²) in [6.07, 6.45) is 2.47. The highest BCUT2D eigenvalue weighted by Crippen LogP contribution is 2.22. The lowest BCUT2D eigenvalue weighted by atomic mass is 9.98. The highest BCUT2D eigenvalue weighted by Gasteiger charge is 2.18. The fraction of sp³-hybridized carbons (Fsp3) is 0.304. The molecule has 2 aromatic carbocycles. The minimum absolute atomic E-state index is 0.0432. The molecule has 0 aliphatic carbocycles. The van der Waals surface area contributed by atoms with Crippen LogP contribution in [0, 0.1) is 11.3 Å². The van der Waals surface area contributed by atoms with Gasteiger partial charge in [-0.1, -0.05) is 60.7 Å². The minimum Gasteiger partial charge on any atom is -0.390 e. The zero-order valence-corrected chi connectivity index (χ0v) is 16.4. The van der Waals surface area contributed by atoms with Crippen LogP contribution in [0.15, 0.2) is 72.4 Å². The molecule has 0 radical (unpaired) electrons. The van der Waals surface area contributed by atoms with E-state index in [4.69, 9.17) is 4.74 Å². The number of benzene rings is 2. The number of carbonyl (C=O) groups excluding carboxylic acids is 1. The third kappa shape index (κ3) is 6.90. The van der Waals surface area contributed by atoms with Crippen LogP contribution in [0.3, 0.4) is 0 Å². The quantitative estimate of drug-likeness (QED) is 0.376. The number of hydrogen-bond donors (Lipinski definition) is 2. The molecular formula is C23H27N3O2. The van der Waals surface area contributed by atoms with E-state index < -0.39 is 5.91 Å². The van der Waals surface area contributed by atoms with Crippen molar-refractivity contribution in [1.82, 2.24) is 10.6 Å². The summed E-state index contributed by atoms with van der Waals surface area (Å²) < 4.78 is 5.47. The number of hydrogen-bond acceptors (Lipinski definition) is 4. The number of amides is 1. The number of carbonyl (C=O) groups is 1. The maximum Gasteiger partial charge on any atom is 0.264 e. The van der Waals surface area contributed by atoms with Crippen molar-refractivity contribution >= 4 is 5.91 Å². The van der Waals surface area contributed by atoms with Crippen molar-refractivity contribution in [3.8, 4) is 6.07 Å². The first-order valence-electron chi connectivity index (χ1n) is 9.48. The van der Waals surface area contributed by atoms with Crippen molar-refractivity contribution < 1.29 is 9.53 Å². The fourth-order valence-electron chi connectivity index (χ4n) is 2.68. The van der Waals surface area contributed by atoms with E-state index in [9.17, 15) is 10.1 Å². The summed E-state index contributed by atoms with van der Waals surface area (Å²) in [5, 5.41) is 15.4. The van der Waals surface area contributed by atoms with Gasteiger partial charge in [0.15, 0.2) is 0 Å². The summed E-state index contributed by atoms with van der Waals surface area (Å²) in [6, 6.07) is 21.1. The summed E-state index contributed by atoms with van der Waals surface area (Å²) in [5.74, 6) is -0.411. The van der Waals surface area contributed by atoms with Crippen molar-refractivity contribution in [2.75, 3.05) is 13.2 Å². The minimum atomic E-state index is -0.411. The molecule has 2 rings (SSSR count). The van der Waals surface area contributed by atoms with Crippen molar-refractivity contribution in [3.05, 3.63) is 83.6 Å². The Morgan fingerprint density at radius 1 is 1.07 bits per heavy atom. The van der Waals surface area contributed by atoms with Gasteiger partial charge in [0.1, 0.15) is 11.6 Å². The molecule has 2 N–H and O–H groups in total. The lowest BCUT2D eigenvalue weighted by molar-refractivity contribution is -0.117. The van der Waals surface area contributed by atoms with Gasteiger partial charge >= 0.3 is 0 Å². The maximum atomic E-state index is 12.7. The van der Waals surface area contributed by atoms with Crippen molar-refractivity contribution in [1.29, 1.82) is 5.26 Å². The summed E-state index contributed by atoms with van der Waals surface area (Å²) >= 11 is 0. The Morgan fingerprint density at radius 3 is 2.14 bits per heavy atom. The normalized spacial score (nSPS) is 11.3. The zero-order chi connectivity index (χ0) is 20.2.